The molecule has 1 amide bonds. The van der Waals surface area contributed by atoms with Crippen molar-refractivity contribution in [2.24, 2.45) is 11.7 Å². The molecule has 1 unspecified atom stereocenters. The van der Waals surface area contributed by atoms with E-state index in [0.29, 0.717) is 22.4 Å². The molecule has 23 heavy (non-hydrogen) atoms. The van der Waals surface area contributed by atoms with Gasteiger partial charge in [-0.05, 0) is 56.2 Å². The Hall–Kier alpha value is -0.480. The topological polar surface area (TPSA) is 46.3 Å². The molecule has 2 rings (SSSR count). The lowest BCUT2D eigenvalue weighted by molar-refractivity contribution is -0.132. The van der Waals surface area contributed by atoms with Crippen LogP contribution >= 0.6 is 35.6 Å². The van der Waals surface area contributed by atoms with Crippen LogP contribution in [0.15, 0.2) is 18.2 Å². The summed E-state index contributed by atoms with van der Waals surface area (Å²) in [7, 11) is 0. The smallest absolute Gasteiger partial charge is 0.222 e. The predicted octanol–water partition coefficient (Wildman–Crippen LogP) is 4.32. The zero-order valence-electron chi connectivity index (χ0n) is 13.4. The molecule has 0 saturated carbocycles. The minimum Gasteiger partial charge on any atom is -0.343 e. The van der Waals surface area contributed by atoms with Gasteiger partial charge >= 0.3 is 0 Å². The van der Waals surface area contributed by atoms with E-state index in [2.05, 4.69) is 6.92 Å². The third kappa shape index (κ3) is 6.15. The van der Waals surface area contributed by atoms with Gasteiger partial charge in [0.05, 0.1) is 10.0 Å². The number of hydrogen-bond acceptors (Lipinski definition) is 2. The maximum absolute atomic E-state index is 12.2. The number of benzene rings is 1. The molecule has 1 saturated heterocycles. The Kier molecular flexibility index (Phi) is 8.70. The van der Waals surface area contributed by atoms with Gasteiger partial charge in [-0.2, -0.15) is 0 Å². The second-order valence-electron chi connectivity index (χ2n) is 6.18. The first-order valence-corrected chi connectivity index (χ1v) is 8.70. The lowest BCUT2D eigenvalue weighted by atomic mass is 9.91. The van der Waals surface area contributed by atoms with Gasteiger partial charge in [0, 0.05) is 25.6 Å². The fourth-order valence-corrected chi connectivity index (χ4v) is 3.29. The number of piperidine rings is 1. The summed E-state index contributed by atoms with van der Waals surface area (Å²) >= 11 is 11.9. The van der Waals surface area contributed by atoms with E-state index in [4.69, 9.17) is 28.9 Å². The van der Waals surface area contributed by atoms with Crippen LogP contribution < -0.4 is 5.73 Å². The van der Waals surface area contributed by atoms with Crippen molar-refractivity contribution in [1.29, 1.82) is 0 Å². The molecular weight excluding hydrogens is 355 g/mol. The molecule has 1 aliphatic heterocycles. The molecular formula is C17H25Cl3N2O. The van der Waals surface area contributed by atoms with Crippen LogP contribution in [0.4, 0.5) is 0 Å². The standard InChI is InChI=1S/C17H24Cl2N2O.ClH/c1-12(20)14-7-9-21(10-8-14)17(22)4-2-3-13-5-6-15(18)16(19)11-13;/h5-6,11-12,14H,2-4,7-10,20H2,1H3;1H. The number of rotatable bonds is 5. The number of carbonyl (C=O) groups is 1. The zero-order chi connectivity index (χ0) is 16.1. The fourth-order valence-electron chi connectivity index (χ4n) is 2.97. The average Bonchev–Trinajstić information content (AvgIpc) is 2.51. The van der Waals surface area contributed by atoms with E-state index < -0.39 is 0 Å². The number of hydrogen-bond donors (Lipinski definition) is 1. The van der Waals surface area contributed by atoms with E-state index in [1.165, 1.54) is 0 Å². The molecule has 6 heteroatoms. The van der Waals surface area contributed by atoms with Gasteiger partial charge in [0.2, 0.25) is 5.91 Å². The Balaban J connectivity index is 0.00000264. The SMILES string of the molecule is CC(N)C1CCN(C(=O)CCCc2ccc(Cl)c(Cl)c2)CC1.Cl. The van der Waals surface area contributed by atoms with Gasteiger partial charge in [0.15, 0.2) is 0 Å². The Bertz CT molecular complexity index is 515. The Morgan fingerprint density at radius 1 is 1.30 bits per heavy atom. The average molecular weight is 380 g/mol. The Morgan fingerprint density at radius 3 is 2.52 bits per heavy atom. The Morgan fingerprint density at radius 2 is 1.96 bits per heavy atom. The van der Waals surface area contributed by atoms with E-state index in [-0.39, 0.29) is 24.4 Å². The summed E-state index contributed by atoms with van der Waals surface area (Å²) in [4.78, 5) is 14.2. The first kappa shape index (κ1) is 20.6. The van der Waals surface area contributed by atoms with Gasteiger partial charge in [-0.15, -0.1) is 12.4 Å². The number of amides is 1. The molecule has 2 N–H and O–H groups in total. The maximum Gasteiger partial charge on any atom is 0.222 e. The molecule has 1 aromatic rings. The highest BCUT2D eigenvalue weighted by Crippen LogP contribution is 2.24. The van der Waals surface area contributed by atoms with E-state index in [1.807, 2.05) is 17.0 Å². The van der Waals surface area contributed by atoms with Crippen molar-refractivity contribution in [3.8, 4) is 0 Å². The predicted molar refractivity (Wildman–Crippen MR) is 99.6 cm³/mol. The number of halogens is 3. The van der Waals surface area contributed by atoms with E-state index in [1.54, 1.807) is 6.07 Å². The van der Waals surface area contributed by atoms with Crippen LogP contribution in [0.3, 0.4) is 0 Å². The molecule has 130 valence electrons. The van der Waals surface area contributed by atoms with Crippen LogP contribution in [0.5, 0.6) is 0 Å². The summed E-state index contributed by atoms with van der Waals surface area (Å²) in [6.45, 7) is 3.75. The second-order valence-corrected chi connectivity index (χ2v) is 6.99. The van der Waals surface area contributed by atoms with Gasteiger partial charge < -0.3 is 10.6 Å². The van der Waals surface area contributed by atoms with Crippen LogP contribution in [-0.2, 0) is 11.2 Å². The van der Waals surface area contributed by atoms with Crippen LogP contribution in [0.2, 0.25) is 10.0 Å². The van der Waals surface area contributed by atoms with E-state index >= 15 is 0 Å². The van der Waals surface area contributed by atoms with Gasteiger partial charge in [-0.25, -0.2) is 0 Å². The first-order chi connectivity index (χ1) is 10.5. The molecule has 3 nitrogen and oxygen atoms in total. The van der Waals surface area contributed by atoms with Crippen LogP contribution in [0.25, 0.3) is 0 Å². The normalized spacial score (nSPS) is 16.8. The summed E-state index contributed by atoms with van der Waals surface area (Å²) in [5.41, 5.74) is 7.06. The lowest BCUT2D eigenvalue weighted by Crippen LogP contribution is -2.42. The quantitative estimate of drug-likeness (QED) is 0.828. The molecule has 0 radical (unpaired) electrons. The largest absolute Gasteiger partial charge is 0.343 e. The highest BCUT2D eigenvalue weighted by molar-refractivity contribution is 6.42. The van der Waals surface area contributed by atoms with Crippen molar-refractivity contribution in [1.82, 2.24) is 4.90 Å². The molecule has 0 spiro atoms. The first-order valence-electron chi connectivity index (χ1n) is 7.94. The van der Waals surface area contributed by atoms with Crippen LogP contribution in [-0.4, -0.2) is 29.9 Å². The summed E-state index contributed by atoms with van der Waals surface area (Å²) in [6.07, 6.45) is 4.32. The van der Waals surface area contributed by atoms with Gasteiger partial charge in [0.25, 0.3) is 0 Å². The minimum atomic E-state index is 0. The van der Waals surface area contributed by atoms with Gasteiger partial charge in [-0.1, -0.05) is 29.3 Å². The van der Waals surface area contributed by atoms with Crippen LogP contribution in [0.1, 0.15) is 38.2 Å². The molecule has 0 aliphatic carbocycles. The van der Waals surface area contributed by atoms with Gasteiger partial charge in [0.1, 0.15) is 0 Å². The molecule has 1 heterocycles. The third-order valence-electron chi connectivity index (χ3n) is 4.48. The van der Waals surface area contributed by atoms with Gasteiger partial charge in [-0.3, -0.25) is 4.79 Å². The number of nitrogens with zero attached hydrogens (tertiary/aromatic N) is 1. The molecule has 1 atom stereocenters. The lowest BCUT2D eigenvalue weighted by Gasteiger charge is -2.33. The summed E-state index contributed by atoms with van der Waals surface area (Å²) < 4.78 is 0. The molecule has 1 aliphatic rings. The highest BCUT2D eigenvalue weighted by atomic mass is 35.5. The summed E-state index contributed by atoms with van der Waals surface area (Å²) in [5, 5.41) is 1.14. The molecule has 0 bridgehead atoms. The fraction of sp³-hybridized carbons (Fsp3) is 0.588. The van der Waals surface area contributed by atoms with Crippen molar-refractivity contribution < 1.29 is 4.79 Å². The monoisotopic (exact) mass is 378 g/mol. The Labute approximate surface area is 154 Å². The third-order valence-corrected chi connectivity index (χ3v) is 5.22. The van der Waals surface area contributed by atoms with Crippen molar-refractivity contribution >= 4 is 41.5 Å². The molecule has 1 fully saturated rings. The number of nitrogens with two attached hydrogens (primary N) is 1. The molecule has 0 aromatic heterocycles. The minimum absolute atomic E-state index is 0. The van der Waals surface area contributed by atoms with Crippen molar-refractivity contribution in [2.75, 3.05) is 13.1 Å². The number of aryl methyl sites for hydroxylation is 1. The van der Waals surface area contributed by atoms with Crippen molar-refractivity contribution in [3.05, 3.63) is 33.8 Å². The maximum atomic E-state index is 12.2. The zero-order valence-corrected chi connectivity index (χ0v) is 15.8. The summed E-state index contributed by atoms with van der Waals surface area (Å²) in [6, 6.07) is 5.88. The highest BCUT2D eigenvalue weighted by Gasteiger charge is 2.24. The van der Waals surface area contributed by atoms with Crippen molar-refractivity contribution in [2.45, 2.75) is 45.1 Å². The van der Waals surface area contributed by atoms with Crippen LogP contribution in [0, 0.1) is 5.92 Å². The van der Waals surface area contributed by atoms with Crippen molar-refractivity contribution in [3.63, 3.8) is 0 Å². The van der Waals surface area contributed by atoms with E-state index in [0.717, 1.165) is 44.3 Å². The van der Waals surface area contributed by atoms with E-state index in [9.17, 15) is 4.79 Å². The second kappa shape index (κ2) is 9.73. The molecule has 1 aromatic carbocycles. The number of carbonyl (C=O) groups excluding carboxylic acids is 1. The number of likely N-dealkylation sites (tertiary alicyclic amines) is 1. The summed E-state index contributed by atoms with van der Waals surface area (Å²) in [5.74, 6) is 0.809.